The predicted octanol–water partition coefficient (Wildman–Crippen LogP) is 9.90. The molecule has 0 aromatic heterocycles. The van der Waals surface area contributed by atoms with Crippen molar-refractivity contribution in [2.24, 2.45) is 52.3 Å². The van der Waals surface area contributed by atoms with Gasteiger partial charge in [-0.15, -0.1) is 0 Å². The van der Waals surface area contributed by atoms with E-state index in [1.54, 1.807) is 6.07 Å². The topological polar surface area (TPSA) is 66.8 Å². The number of hydrogen-bond acceptors (Lipinski definition) is 4. The Morgan fingerprint density at radius 3 is 2.45 bits per heavy atom. The van der Waals surface area contributed by atoms with Crippen molar-refractivity contribution < 1.29 is 19.7 Å². The third-order valence-corrected chi connectivity index (χ3v) is 13.3. The minimum Gasteiger partial charge on any atom is -0.504 e. The van der Waals surface area contributed by atoms with E-state index in [9.17, 15) is 15.0 Å². The minimum atomic E-state index is -0.519. The molecule has 0 saturated heterocycles. The molecule has 4 nitrogen and oxygen atoms in total. The Labute approximate surface area is 253 Å². The molecule has 4 heteroatoms. The van der Waals surface area contributed by atoms with Crippen molar-refractivity contribution in [2.75, 3.05) is 0 Å². The molecular weight excluding hydrogens is 520 g/mol. The van der Waals surface area contributed by atoms with E-state index >= 15 is 0 Å². The van der Waals surface area contributed by atoms with Gasteiger partial charge in [-0.05, 0) is 121 Å². The summed E-state index contributed by atoms with van der Waals surface area (Å²) in [6, 6.07) is 8.85. The lowest BCUT2D eigenvalue weighted by Gasteiger charge is -2.61. The van der Waals surface area contributed by atoms with Crippen LogP contribution in [0.4, 0.5) is 0 Å². The summed E-state index contributed by atoms with van der Waals surface area (Å²) < 4.78 is 6.11. The number of phenolic OH excluding ortho intramolecular Hbond substituents is 2. The number of carbonyl (C=O) groups excluding carboxylic acids is 1. The average Bonchev–Trinajstić information content (AvgIpc) is 3.31. The van der Waals surface area contributed by atoms with Crippen LogP contribution in [-0.2, 0) is 4.74 Å². The van der Waals surface area contributed by atoms with Gasteiger partial charge in [0.05, 0.1) is 0 Å². The van der Waals surface area contributed by atoms with Crippen molar-refractivity contribution in [3.8, 4) is 11.5 Å². The van der Waals surface area contributed by atoms with Gasteiger partial charge < -0.3 is 14.9 Å². The summed E-state index contributed by atoms with van der Waals surface area (Å²) in [6.45, 7) is 12.5. The molecule has 2 aromatic carbocycles. The van der Waals surface area contributed by atoms with E-state index in [2.05, 4.69) is 34.6 Å². The summed E-state index contributed by atoms with van der Waals surface area (Å²) in [5, 5.41) is 22.2. The molecule has 4 saturated carbocycles. The molecule has 42 heavy (non-hydrogen) atoms. The van der Waals surface area contributed by atoms with Crippen LogP contribution in [0, 0.1) is 52.3 Å². The zero-order chi connectivity index (χ0) is 29.8. The Bertz CT molecular complexity index is 1300. The number of benzene rings is 2. The van der Waals surface area contributed by atoms with Crippen molar-refractivity contribution in [3.63, 3.8) is 0 Å². The quantitative estimate of drug-likeness (QED) is 0.255. The zero-order valence-electron chi connectivity index (χ0n) is 26.7. The number of hydrogen-bond donors (Lipinski definition) is 2. The number of phenols is 2. The molecule has 0 bridgehead atoms. The molecule has 6 rings (SSSR count). The molecular formula is C38H54O4. The van der Waals surface area contributed by atoms with E-state index in [0.29, 0.717) is 22.1 Å². The SMILES string of the molecule is CC(C)CCC[C@@H](C)[C@H]1CC[C@H]2[C@@H]3CCC4C[C@@H](OC(=O)c5c(O)c(O)cc6ccccc56)CC[C@]4(C)[C@H]3CC[C@]12C. The molecule has 0 amide bonds. The maximum atomic E-state index is 13.4. The number of rotatable bonds is 7. The van der Waals surface area contributed by atoms with Crippen LogP contribution in [0.2, 0.25) is 0 Å². The first-order chi connectivity index (χ1) is 20.0. The Hall–Kier alpha value is -2.23. The molecule has 4 aliphatic rings. The van der Waals surface area contributed by atoms with Crippen LogP contribution in [0.5, 0.6) is 11.5 Å². The fourth-order valence-electron chi connectivity index (χ4n) is 11.1. The van der Waals surface area contributed by atoms with Crippen LogP contribution in [0.15, 0.2) is 30.3 Å². The highest BCUT2D eigenvalue weighted by Gasteiger charge is 2.60. The first kappa shape index (κ1) is 29.8. The highest BCUT2D eigenvalue weighted by atomic mass is 16.5. The molecule has 0 radical (unpaired) electrons. The molecule has 0 aliphatic heterocycles. The maximum absolute atomic E-state index is 13.4. The molecule has 9 atom stereocenters. The lowest BCUT2D eigenvalue weighted by Crippen LogP contribution is -2.54. The van der Waals surface area contributed by atoms with Gasteiger partial charge in [0, 0.05) is 5.39 Å². The lowest BCUT2D eigenvalue weighted by atomic mass is 9.44. The first-order valence-corrected chi connectivity index (χ1v) is 17.2. The van der Waals surface area contributed by atoms with Gasteiger partial charge in [-0.2, -0.15) is 0 Å². The van der Waals surface area contributed by atoms with Gasteiger partial charge in [-0.25, -0.2) is 4.79 Å². The van der Waals surface area contributed by atoms with Crippen molar-refractivity contribution in [2.45, 2.75) is 118 Å². The van der Waals surface area contributed by atoms with Gasteiger partial charge in [0.15, 0.2) is 11.5 Å². The minimum absolute atomic E-state index is 0.0865. The average molecular weight is 575 g/mol. The van der Waals surface area contributed by atoms with Crippen molar-refractivity contribution in [1.29, 1.82) is 0 Å². The summed E-state index contributed by atoms with van der Waals surface area (Å²) in [4.78, 5) is 13.4. The van der Waals surface area contributed by atoms with E-state index in [-0.39, 0.29) is 23.2 Å². The van der Waals surface area contributed by atoms with Gasteiger partial charge >= 0.3 is 5.97 Å². The van der Waals surface area contributed by atoms with E-state index < -0.39 is 5.97 Å². The van der Waals surface area contributed by atoms with Crippen molar-refractivity contribution in [3.05, 3.63) is 35.9 Å². The molecule has 4 fully saturated rings. The molecule has 0 spiro atoms. The Balaban J connectivity index is 1.13. The van der Waals surface area contributed by atoms with Gasteiger partial charge in [0.25, 0.3) is 0 Å². The van der Waals surface area contributed by atoms with Gasteiger partial charge in [0.1, 0.15) is 11.7 Å². The van der Waals surface area contributed by atoms with Gasteiger partial charge in [-0.1, -0.05) is 78.1 Å². The molecule has 1 unspecified atom stereocenters. The lowest BCUT2D eigenvalue weighted by molar-refractivity contribution is -0.130. The summed E-state index contributed by atoms with van der Waals surface area (Å²) in [5.74, 6) is 4.47. The number of esters is 1. The van der Waals surface area contributed by atoms with Gasteiger partial charge in [0.2, 0.25) is 0 Å². The second-order valence-electron chi connectivity index (χ2n) is 15.8. The van der Waals surface area contributed by atoms with Crippen molar-refractivity contribution in [1.82, 2.24) is 0 Å². The monoisotopic (exact) mass is 574 g/mol. The second-order valence-corrected chi connectivity index (χ2v) is 15.8. The van der Waals surface area contributed by atoms with E-state index in [4.69, 9.17) is 4.74 Å². The molecule has 2 N–H and O–H groups in total. The highest BCUT2D eigenvalue weighted by Crippen LogP contribution is 2.68. The van der Waals surface area contributed by atoms with Crippen molar-refractivity contribution >= 4 is 16.7 Å². The number of ether oxygens (including phenoxy) is 1. The maximum Gasteiger partial charge on any atom is 0.342 e. The summed E-state index contributed by atoms with van der Waals surface area (Å²) in [6.07, 6.45) is 15.1. The summed E-state index contributed by atoms with van der Waals surface area (Å²) in [7, 11) is 0. The molecule has 230 valence electrons. The Kier molecular flexibility index (Phi) is 8.07. The molecule has 0 heterocycles. The molecule has 4 aliphatic carbocycles. The second kappa shape index (κ2) is 11.4. The highest BCUT2D eigenvalue weighted by molar-refractivity contribution is 6.08. The Morgan fingerprint density at radius 1 is 0.929 bits per heavy atom. The number of fused-ring (bicyclic) bond motifs is 6. The number of aromatic hydroxyl groups is 2. The predicted molar refractivity (Wildman–Crippen MR) is 170 cm³/mol. The van der Waals surface area contributed by atoms with Gasteiger partial charge in [-0.3, -0.25) is 0 Å². The largest absolute Gasteiger partial charge is 0.504 e. The fourth-order valence-corrected chi connectivity index (χ4v) is 11.1. The number of carbonyl (C=O) groups is 1. The third-order valence-electron chi connectivity index (χ3n) is 13.3. The normalized spacial score (nSPS) is 36.7. The van der Waals surface area contributed by atoms with Crippen LogP contribution in [0.3, 0.4) is 0 Å². The Morgan fingerprint density at radius 2 is 1.67 bits per heavy atom. The van der Waals surface area contributed by atoms with Crippen LogP contribution < -0.4 is 0 Å². The van der Waals surface area contributed by atoms with Crippen LogP contribution in [0.25, 0.3) is 10.8 Å². The van der Waals surface area contributed by atoms with E-state index in [0.717, 1.165) is 60.2 Å². The van der Waals surface area contributed by atoms with E-state index in [1.807, 2.05) is 18.2 Å². The van der Waals surface area contributed by atoms with Crippen LogP contribution in [-0.4, -0.2) is 22.3 Å². The zero-order valence-corrected chi connectivity index (χ0v) is 26.7. The van der Waals surface area contributed by atoms with Crippen LogP contribution in [0.1, 0.15) is 122 Å². The third kappa shape index (κ3) is 5.03. The fraction of sp³-hybridized carbons (Fsp3) is 0.711. The van der Waals surface area contributed by atoms with Crippen LogP contribution >= 0.6 is 0 Å². The standard InChI is InChI=1S/C38H54O4/c1-23(2)9-8-10-24(3)30-15-16-31-29-14-13-26-22-27(17-19-37(26,4)32(29)18-20-38(30,31)5)42-36(41)34-28-12-7-6-11-25(28)21-33(39)35(34)40/h6-7,11-12,21,23-24,26-27,29-32,39-40H,8-10,13-20,22H2,1-5H3/t24-,26?,27+,29+,30-,31+,32+,37+,38-/m1/s1. The first-order valence-electron chi connectivity index (χ1n) is 17.2. The molecule has 2 aromatic rings. The summed E-state index contributed by atoms with van der Waals surface area (Å²) >= 11 is 0. The van der Waals surface area contributed by atoms with E-state index in [1.165, 1.54) is 63.9 Å². The summed E-state index contributed by atoms with van der Waals surface area (Å²) in [5.41, 5.74) is 0.928. The smallest absolute Gasteiger partial charge is 0.342 e.